The third-order valence-corrected chi connectivity index (χ3v) is 8.81. The van der Waals surface area contributed by atoms with Gasteiger partial charge in [0, 0.05) is 69.7 Å². The molecule has 252 valence electrons. The number of nitro groups is 1. The van der Waals surface area contributed by atoms with Gasteiger partial charge in [0.05, 0.1) is 21.5 Å². The molecule has 0 spiro atoms. The van der Waals surface area contributed by atoms with Crippen LogP contribution in [0.2, 0.25) is 0 Å². The molecule has 9 nitrogen and oxygen atoms in total. The maximum absolute atomic E-state index is 10.8. The summed E-state index contributed by atoms with van der Waals surface area (Å²) < 4.78 is 2.29. The molecule has 2 aromatic carbocycles. The SMILES string of the molecule is Cc1cn2c(c(NCCCN3CCN(CCCN=Cc4ccc([N+](=O)[O-])cc4)CC3)nc3ccccc32)c1[C]1[CH][CH][CH][CH]1.[CH]1[CH][CH][CH][CH]1.[Fe+2]. The van der Waals surface area contributed by atoms with E-state index in [0.717, 1.165) is 93.1 Å². The molecule has 1 N–H and O–H groups in total. The number of nitro benzene ring substituents is 1. The number of hydrogen-bond donors (Lipinski definition) is 1. The molecular formula is C39H43FeN7O2+2. The smallest absolute Gasteiger partial charge is 0.368 e. The molecule has 1 aliphatic heterocycles. The Labute approximate surface area is 302 Å². The number of nitrogens with one attached hydrogen (secondary N) is 1. The van der Waals surface area contributed by atoms with Gasteiger partial charge in [-0.2, -0.15) is 0 Å². The van der Waals surface area contributed by atoms with Gasteiger partial charge >= 0.3 is 17.1 Å². The maximum atomic E-state index is 10.8. The van der Waals surface area contributed by atoms with Crippen LogP contribution in [0.3, 0.4) is 0 Å². The number of aromatic nitrogens is 2. The van der Waals surface area contributed by atoms with Crippen LogP contribution >= 0.6 is 0 Å². The van der Waals surface area contributed by atoms with E-state index in [1.165, 1.54) is 29.2 Å². The number of anilines is 1. The molecule has 2 aromatic heterocycles. The Morgan fingerprint density at radius 2 is 1.51 bits per heavy atom. The summed E-state index contributed by atoms with van der Waals surface area (Å²) in [5.41, 5.74) is 6.76. The van der Waals surface area contributed by atoms with Crippen molar-refractivity contribution in [1.82, 2.24) is 19.2 Å². The topological polar surface area (TPSA) is 91.3 Å². The van der Waals surface area contributed by atoms with Crippen LogP contribution in [0.25, 0.3) is 16.6 Å². The van der Waals surface area contributed by atoms with E-state index in [2.05, 4.69) is 81.5 Å². The Balaban J connectivity index is 0.000000717. The van der Waals surface area contributed by atoms with Crippen molar-refractivity contribution in [1.29, 1.82) is 0 Å². The molecule has 0 unspecified atom stereocenters. The van der Waals surface area contributed by atoms with Crippen molar-refractivity contribution in [2.24, 2.45) is 4.99 Å². The van der Waals surface area contributed by atoms with Crippen LogP contribution in [-0.4, -0.2) is 82.7 Å². The van der Waals surface area contributed by atoms with Crippen LogP contribution in [0, 0.1) is 80.7 Å². The van der Waals surface area contributed by atoms with E-state index in [-0.39, 0.29) is 27.7 Å². The predicted octanol–water partition coefficient (Wildman–Crippen LogP) is 6.41. The van der Waals surface area contributed by atoms with Crippen molar-refractivity contribution in [2.75, 3.05) is 57.7 Å². The Kier molecular flexibility index (Phi) is 14.1. The summed E-state index contributed by atoms with van der Waals surface area (Å²) in [5.74, 6) is 2.18. The monoisotopic (exact) mass is 697 g/mol. The Bertz CT molecular complexity index is 1650. The molecule has 10 heteroatoms. The van der Waals surface area contributed by atoms with E-state index in [4.69, 9.17) is 4.98 Å². The molecule has 2 aliphatic carbocycles. The van der Waals surface area contributed by atoms with Crippen molar-refractivity contribution in [3.63, 3.8) is 0 Å². The molecule has 2 saturated carbocycles. The first-order chi connectivity index (χ1) is 23.6. The molecule has 0 atom stereocenters. The van der Waals surface area contributed by atoms with Gasteiger partial charge in [0.1, 0.15) is 0 Å². The van der Waals surface area contributed by atoms with E-state index in [9.17, 15) is 10.1 Å². The second kappa shape index (κ2) is 18.6. The number of aryl methyl sites for hydroxylation is 1. The van der Waals surface area contributed by atoms with Crippen LogP contribution in [0.5, 0.6) is 0 Å². The first-order valence-electron chi connectivity index (χ1n) is 16.8. The molecule has 49 heavy (non-hydrogen) atoms. The molecule has 1 saturated heterocycles. The number of para-hydroxylation sites is 2. The summed E-state index contributed by atoms with van der Waals surface area (Å²) in [6, 6.07) is 14.9. The minimum atomic E-state index is -0.385. The molecule has 3 heterocycles. The molecule has 10 radical (unpaired) electrons. The quantitative estimate of drug-likeness (QED) is 0.0606. The summed E-state index contributed by atoms with van der Waals surface area (Å²) >= 11 is 0. The number of fused-ring (bicyclic) bond motifs is 3. The van der Waals surface area contributed by atoms with Crippen molar-refractivity contribution >= 4 is 34.3 Å². The summed E-state index contributed by atoms with van der Waals surface area (Å²) in [4.78, 5) is 25.0. The number of hydrogen-bond acceptors (Lipinski definition) is 7. The molecule has 3 aliphatic rings. The van der Waals surface area contributed by atoms with Crippen LogP contribution < -0.4 is 5.32 Å². The Morgan fingerprint density at radius 3 is 2.16 bits per heavy atom. The second-order valence-corrected chi connectivity index (χ2v) is 12.2. The van der Waals surface area contributed by atoms with Crippen LogP contribution in [0.15, 0.2) is 59.7 Å². The van der Waals surface area contributed by atoms with Gasteiger partial charge in [0.2, 0.25) is 0 Å². The summed E-state index contributed by atoms with van der Waals surface area (Å²) in [6.07, 6.45) is 24.6. The van der Waals surface area contributed by atoms with Crippen molar-refractivity contribution < 1.29 is 22.0 Å². The van der Waals surface area contributed by atoms with Crippen LogP contribution in [-0.2, 0) is 17.1 Å². The number of rotatable bonds is 12. The van der Waals surface area contributed by atoms with Gasteiger partial charge in [-0.15, -0.1) is 0 Å². The molecule has 4 aromatic rings. The van der Waals surface area contributed by atoms with Gasteiger partial charge in [-0.3, -0.25) is 15.1 Å². The third kappa shape index (κ3) is 9.91. The van der Waals surface area contributed by atoms with E-state index < -0.39 is 0 Å². The van der Waals surface area contributed by atoms with Crippen molar-refractivity contribution in [3.8, 4) is 0 Å². The molecule has 7 rings (SSSR count). The number of non-ortho nitro benzene ring substituents is 1. The first-order valence-corrected chi connectivity index (χ1v) is 16.8. The minimum absolute atomic E-state index is 0. The fourth-order valence-electron chi connectivity index (χ4n) is 6.32. The summed E-state index contributed by atoms with van der Waals surface area (Å²) in [6.45, 7) is 10.3. The maximum Gasteiger partial charge on any atom is 2.00 e. The zero-order valence-corrected chi connectivity index (χ0v) is 29.0. The Hall–Kier alpha value is -3.30. The fraction of sp³-hybridized carbons (Fsp3) is 0.282. The fourth-order valence-corrected chi connectivity index (χ4v) is 6.32. The normalized spacial score (nSPS) is 17.4. The predicted molar refractivity (Wildman–Crippen MR) is 195 cm³/mol. The average molecular weight is 698 g/mol. The minimum Gasteiger partial charge on any atom is -0.368 e. The van der Waals surface area contributed by atoms with Gasteiger partial charge in [-0.25, -0.2) is 4.98 Å². The van der Waals surface area contributed by atoms with Crippen LogP contribution in [0.1, 0.15) is 29.5 Å². The van der Waals surface area contributed by atoms with Gasteiger partial charge in [-0.05, 0) is 132 Å². The standard InChI is InChI=1S/C34H38N7O2.C5H5.Fe/c1-26-25-40-31-11-5-4-10-30(31)37-34(33(40)32(26)28-8-2-3-9-28)36-17-7-19-39-22-20-38(21-23-39)18-6-16-35-24-27-12-14-29(15-13-27)41(42)43;1-2-4-5-3-1;/h2-5,8-15,24-25H,6-7,16-23H2,1H3,(H,36,37);1-5H;/q;;+2. The van der Waals surface area contributed by atoms with E-state index in [0.29, 0.717) is 0 Å². The number of aliphatic imine (C=N–C) groups is 1. The Morgan fingerprint density at radius 1 is 0.878 bits per heavy atom. The zero-order valence-electron chi connectivity index (χ0n) is 27.9. The van der Waals surface area contributed by atoms with Gasteiger partial charge in [0.25, 0.3) is 5.69 Å². The molecular weight excluding hydrogens is 654 g/mol. The van der Waals surface area contributed by atoms with Crippen molar-refractivity contribution in [3.05, 3.63) is 145 Å². The van der Waals surface area contributed by atoms with Crippen LogP contribution in [0.4, 0.5) is 11.5 Å². The summed E-state index contributed by atoms with van der Waals surface area (Å²) in [7, 11) is 0. The number of nitrogens with zero attached hydrogens (tertiary/aromatic N) is 6. The number of benzene rings is 2. The number of piperazine rings is 1. The molecule has 0 bridgehead atoms. The average Bonchev–Trinajstić information content (AvgIpc) is 3.91. The van der Waals surface area contributed by atoms with Crippen molar-refractivity contribution in [2.45, 2.75) is 19.8 Å². The second-order valence-electron chi connectivity index (χ2n) is 12.2. The van der Waals surface area contributed by atoms with E-state index in [1.807, 2.05) is 38.2 Å². The molecule has 3 fully saturated rings. The van der Waals surface area contributed by atoms with Gasteiger partial charge in [0.15, 0.2) is 5.82 Å². The molecule has 0 amide bonds. The summed E-state index contributed by atoms with van der Waals surface area (Å²) in [5, 5.41) is 14.5. The zero-order chi connectivity index (χ0) is 33.1. The van der Waals surface area contributed by atoms with Gasteiger partial charge < -0.3 is 19.5 Å². The van der Waals surface area contributed by atoms with E-state index in [1.54, 1.807) is 18.3 Å². The van der Waals surface area contributed by atoms with E-state index >= 15 is 0 Å². The third-order valence-electron chi connectivity index (χ3n) is 8.81. The first kappa shape index (κ1) is 37.0. The largest absolute Gasteiger partial charge is 2.00 e. The van der Waals surface area contributed by atoms with Gasteiger partial charge in [-0.1, -0.05) is 12.1 Å².